The summed E-state index contributed by atoms with van der Waals surface area (Å²) >= 11 is 3.27. The number of nitrogens with one attached hydrogen (secondary N) is 1. The van der Waals surface area contributed by atoms with Crippen LogP contribution in [0.25, 0.3) is 0 Å². The molecule has 84 valence electrons. The fourth-order valence-corrected chi connectivity index (χ4v) is 1.28. The molecule has 0 atom stereocenters. The molecule has 0 heterocycles. The lowest BCUT2D eigenvalue weighted by Gasteiger charge is -2.04. The zero-order valence-corrected chi connectivity index (χ0v) is 10.1. The molecule has 0 bridgehead atoms. The second kappa shape index (κ2) is 5.46. The maximum Gasteiger partial charge on any atom is 0.328 e. The van der Waals surface area contributed by atoms with E-state index in [1.807, 2.05) is 0 Å². The van der Waals surface area contributed by atoms with Crippen LogP contribution in [0.4, 0.5) is 5.69 Å². The molecule has 1 rings (SSSR count). The zero-order chi connectivity index (χ0) is 12.1. The Labute approximate surface area is 101 Å². The number of carboxylic acids is 1. The standard InChI is InChI=1S/C11H10BrNO3/c1-7(6-10(14)15)11(16)13-9-4-2-8(12)3-5-9/h2-6H,1H3,(H,13,16)(H,14,15)/b7-6+. The number of carbonyl (C=O) groups excluding carboxylic acids is 1. The highest BCUT2D eigenvalue weighted by molar-refractivity contribution is 9.10. The number of halogens is 1. The Morgan fingerprint density at radius 2 is 1.88 bits per heavy atom. The second-order valence-electron chi connectivity index (χ2n) is 3.13. The smallest absolute Gasteiger partial charge is 0.328 e. The molecule has 0 aliphatic rings. The maximum absolute atomic E-state index is 11.5. The van der Waals surface area contributed by atoms with Crippen LogP contribution in [-0.4, -0.2) is 17.0 Å². The summed E-state index contributed by atoms with van der Waals surface area (Å²) in [4.78, 5) is 21.8. The van der Waals surface area contributed by atoms with E-state index in [-0.39, 0.29) is 5.57 Å². The maximum atomic E-state index is 11.5. The van der Waals surface area contributed by atoms with Crippen molar-refractivity contribution in [3.63, 3.8) is 0 Å². The Morgan fingerprint density at radius 3 is 2.38 bits per heavy atom. The van der Waals surface area contributed by atoms with Crippen molar-refractivity contribution in [1.29, 1.82) is 0 Å². The zero-order valence-electron chi connectivity index (χ0n) is 8.53. The van der Waals surface area contributed by atoms with Crippen molar-refractivity contribution >= 4 is 33.5 Å². The Bertz CT molecular complexity index is 437. The molecular weight excluding hydrogens is 274 g/mol. The van der Waals surface area contributed by atoms with Gasteiger partial charge in [-0.25, -0.2) is 4.79 Å². The lowest BCUT2D eigenvalue weighted by molar-refractivity contribution is -0.131. The molecule has 0 aliphatic carbocycles. The van der Waals surface area contributed by atoms with Gasteiger partial charge in [-0.1, -0.05) is 15.9 Å². The van der Waals surface area contributed by atoms with Crippen LogP contribution in [0, 0.1) is 0 Å². The van der Waals surface area contributed by atoms with Gasteiger partial charge in [0.25, 0.3) is 5.91 Å². The van der Waals surface area contributed by atoms with E-state index in [1.54, 1.807) is 24.3 Å². The third-order valence-corrected chi connectivity index (χ3v) is 2.33. The van der Waals surface area contributed by atoms with Crippen LogP contribution in [0.1, 0.15) is 6.92 Å². The normalized spacial score (nSPS) is 11.0. The van der Waals surface area contributed by atoms with Crippen LogP contribution in [0.5, 0.6) is 0 Å². The quantitative estimate of drug-likeness (QED) is 0.838. The molecule has 2 N–H and O–H groups in total. The third-order valence-electron chi connectivity index (χ3n) is 1.80. The Kier molecular flexibility index (Phi) is 4.25. The van der Waals surface area contributed by atoms with Gasteiger partial charge in [0.1, 0.15) is 0 Å². The van der Waals surface area contributed by atoms with Crippen LogP contribution in [0.15, 0.2) is 40.4 Å². The molecule has 1 aromatic carbocycles. The van der Waals surface area contributed by atoms with Gasteiger partial charge >= 0.3 is 5.97 Å². The summed E-state index contributed by atoms with van der Waals surface area (Å²) < 4.78 is 0.906. The van der Waals surface area contributed by atoms with Crippen LogP contribution in [0.3, 0.4) is 0 Å². The topological polar surface area (TPSA) is 66.4 Å². The highest BCUT2D eigenvalue weighted by Crippen LogP contribution is 2.14. The summed E-state index contributed by atoms with van der Waals surface area (Å²) in [6.45, 7) is 1.45. The van der Waals surface area contributed by atoms with Crippen molar-refractivity contribution in [1.82, 2.24) is 0 Å². The largest absolute Gasteiger partial charge is 0.478 e. The van der Waals surface area contributed by atoms with E-state index in [0.717, 1.165) is 10.5 Å². The number of hydrogen-bond acceptors (Lipinski definition) is 2. The first kappa shape index (κ1) is 12.4. The van der Waals surface area contributed by atoms with Crippen molar-refractivity contribution in [2.45, 2.75) is 6.92 Å². The average Bonchev–Trinajstić information content (AvgIpc) is 2.20. The Balaban J connectivity index is 2.71. The van der Waals surface area contributed by atoms with Crippen LogP contribution in [0.2, 0.25) is 0 Å². The Morgan fingerprint density at radius 1 is 1.31 bits per heavy atom. The molecule has 1 aromatic rings. The van der Waals surface area contributed by atoms with Crippen LogP contribution >= 0.6 is 15.9 Å². The first-order valence-electron chi connectivity index (χ1n) is 4.47. The molecule has 5 heteroatoms. The lowest BCUT2D eigenvalue weighted by atomic mass is 10.2. The SMILES string of the molecule is C/C(=C\C(=O)O)C(=O)Nc1ccc(Br)cc1. The van der Waals surface area contributed by atoms with Gasteiger partial charge in [0, 0.05) is 21.8 Å². The molecule has 0 spiro atoms. The van der Waals surface area contributed by atoms with E-state index in [1.165, 1.54) is 6.92 Å². The van der Waals surface area contributed by atoms with Gasteiger partial charge in [0.2, 0.25) is 0 Å². The average molecular weight is 284 g/mol. The monoisotopic (exact) mass is 283 g/mol. The van der Waals surface area contributed by atoms with E-state index in [9.17, 15) is 9.59 Å². The number of benzene rings is 1. The number of anilines is 1. The molecule has 0 saturated carbocycles. The highest BCUT2D eigenvalue weighted by atomic mass is 79.9. The van der Waals surface area contributed by atoms with E-state index in [2.05, 4.69) is 21.2 Å². The van der Waals surface area contributed by atoms with Gasteiger partial charge in [0.05, 0.1) is 0 Å². The molecule has 1 amide bonds. The third kappa shape index (κ3) is 3.86. The Hall–Kier alpha value is -1.62. The predicted octanol–water partition coefficient (Wildman–Crippen LogP) is 2.42. The van der Waals surface area contributed by atoms with Crippen molar-refractivity contribution in [3.8, 4) is 0 Å². The minimum atomic E-state index is -1.14. The van der Waals surface area contributed by atoms with Gasteiger partial charge in [-0.15, -0.1) is 0 Å². The summed E-state index contributed by atoms with van der Waals surface area (Å²) in [6, 6.07) is 7.00. The molecule has 0 radical (unpaired) electrons. The second-order valence-corrected chi connectivity index (χ2v) is 4.04. The number of carbonyl (C=O) groups is 2. The van der Waals surface area contributed by atoms with Gasteiger partial charge in [-0.2, -0.15) is 0 Å². The van der Waals surface area contributed by atoms with Gasteiger partial charge in [-0.05, 0) is 31.2 Å². The van der Waals surface area contributed by atoms with Gasteiger partial charge in [0.15, 0.2) is 0 Å². The van der Waals surface area contributed by atoms with Crippen molar-refractivity contribution in [2.75, 3.05) is 5.32 Å². The molecule has 0 aromatic heterocycles. The van der Waals surface area contributed by atoms with Crippen molar-refractivity contribution in [3.05, 3.63) is 40.4 Å². The first-order valence-corrected chi connectivity index (χ1v) is 5.26. The van der Waals surface area contributed by atoms with E-state index in [4.69, 9.17) is 5.11 Å². The van der Waals surface area contributed by atoms with Crippen molar-refractivity contribution in [2.24, 2.45) is 0 Å². The molecular formula is C11H10BrNO3. The molecule has 0 aliphatic heterocycles. The number of rotatable bonds is 3. The number of hydrogen-bond donors (Lipinski definition) is 2. The molecule has 0 unspecified atom stereocenters. The van der Waals surface area contributed by atoms with Crippen LogP contribution < -0.4 is 5.32 Å². The number of carboxylic acid groups (broad SMARTS) is 1. The summed E-state index contributed by atoms with van der Waals surface area (Å²) in [5.74, 6) is -1.56. The summed E-state index contributed by atoms with van der Waals surface area (Å²) in [6.07, 6.45) is 0.869. The van der Waals surface area contributed by atoms with Crippen molar-refractivity contribution < 1.29 is 14.7 Å². The molecule has 16 heavy (non-hydrogen) atoms. The summed E-state index contributed by atoms with van der Waals surface area (Å²) in [7, 11) is 0. The predicted molar refractivity (Wildman–Crippen MR) is 64.2 cm³/mol. The lowest BCUT2D eigenvalue weighted by Crippen LogP contribution is -2.13. The number of aliphatic carboxylic acids is 1. The number of amides is 1. The fourth-order valence-electron chi connectivity index (χ4n) is 1.01. The molecule has 0 saturated heterocycles. The molecule has 0 fully saturated rings. The van der Waals surface area contributed by atoms with E-state index < -0.39 is 11.9 Å². The van der Waals surface area contributed by atoms with Gasteiger partial charge in [-0.3, -0.25) is 4.79 Å². The highest BCUT2D eigenvalue weighted by Gasteiger charge is 2.06. The van der Waals surface area contributed by atoms with Crippen LogP contribution in [-0.2, 0) is 9.59 Å². The summed E-state index contributed by atoms with van der Waals surface area (Å²) in [5.41, 5.74) is 0.766. The van der Waals surface area contributed by atoms with Gasteiger partial charge < -0.3 is 10.4 Å². The van der Waals surface area contributed by atoms with E-state index >= 15 is 0 Å². The minimum Gasteiger partial charge on any atom is -0.478 e. The summed E-state index contributed by atoms with van der Waals surface area (Å²) in [5, 5.41) is 11.1. The van der Waals surface area contributed by atoms with E-state index in [0.29, 0.717) is 5.69 Å². The first-order chi connectivity index (χ1) is 7.49. The molecule has 4 nitrogen and oxygen atoms in total. The minimum absolute atomic E-state index is 0.149. The fraction of sp³-hybridized carbons (Fsp3) is 0.0909.